The average Bonchev–Trinajstić information content (AvgIpc) is 2.57. The third-order valence-electron chi connectivity index (χ3n) is 4.21. The van der Waals surface area contributed by atoms with E-state index < -0.39 is 11.4 Å². The van der Waals surface area contributed by atoms with E-state index in [4.69, 9.17) is 0 Å². The molecule has 3 heterocycles. The molecule has 1 aliphatic rings. The van der Waals surface area contributed by atoms with Crippen LogP contribution in [0.4, 0.5) is 16.2 Å². The Morgan fingerprint density at radius 1 is 1.26 bits per heavy atom. The van der Waals surface area contributed by atoms with Crippen molar-refractivity contribution < 1.29 is 9.50 Å². The van der Waals surface area contributed by atoms with Gasteiger partial charge in [-0.25, -0.2) is 9.37 Å². The maximum atomic E-state index is 13.7. The van der Waals surface area contributed by atoms with Gasteiger partial charge in [0.2, 0.25) is 5.95 Å². The number of pyridine rings is 1. The standard InChI is InChI=1S/C16H20FN5O/c1-21(2)14-13(17)11-19-15(20-14)22-8-5-16(23,6-9-22)12-4-3-7-18-10-12/h3-4,7,10-11,23H,5-6,8-9H2,1-2H3. The molecule has 0 atom stereocenters. The van der Waals surface area contributed by atoms with Crippen molar-refractivity contribution in [2.24, 2.45) is 0 Å². The number of anilines is 2. The molecule has 0 saturated carbocycles. The quantitative estimate of drug-likeness (QED) is 0.927. The average molecular weight is 317 g/mol. The summed E-state index contributed by atoms with van der Waals surface area (Å²) in [6, 6.07) is 3.72. The molecule has 1 N–H and O–H groups in total. The SMILES string of the molecule is CN(C)c1nc(N2CCC(O)(c3cccnc3)CC2)ncc1F. The minimum atomic E-state index is -0.880. The number of hydrogen-bond acceptors (Lipinski definition) is 6. The summed E-state index contributed by atoms with van der Waals surface area (Å²) < 4.78 is 13.7. The molecule has 7 heteroatoms. The Morgan fingerprint density at radius 2 is 2.00 bits per heavy atom. The van der Waals surface area contributed by atoms with E-state index in [1.165, 1.54) is 6.20 Å². The van der Waals surface area contributed by atoms with Gasteiger partial charge in [0.25, 0.3) is 0 Å². The first-order valence-corrected chi connectivity index (χ1v) is 7.57. The lowest BCUT2D eigenvalue weighted by Crippen LogP contribution is -2.43. The van der Waals surface area contributed by atoms with Gasteiger partial charge in [-0.1, -0.05) is 6.07 Å². The molecule has 0 bridgehead atoms. The zero-order chi connectivity index (χ0) is 16.4. The van der Waals surface area contributed by atoms with Gasteiger partial charge in [0.05, 0.1) is 11.8 Å². The molecule has 0 spiro atoms. The first-order chi connectivity index (χ1) is 11.0. The molecule has 1 saturated heterocycles. The van der Waals surface area contributed by atoms with Crippen molar-refractivity contribution in [3.05, 3.63) is 42.1 Å². The van der Waals surface area contributed by atoms with Crippen molar-refractivity contribution in [3.8, 4) is 0 Å². The van der Waals surface area contributed by atoms with Crippen LogP contribution in [-0.2, 0) is 5.60 Å². The molecule has 1 fully saturated rings. The second-order valence-corrected chi connectivity index (χ2v) is 6.00. The molecule has 6 nitrogen and oxygen atoms in total. The Labute approximate surface area is 134 Å². The second kappa shape index (κ2) is 6.08. The molecule has 122 valence electrons. The van der Waals surface area contributed by atoms with Crippen LogP contribution < -0.4 is 9.80 Å². The van der Waals surface area contributed by atoms with E-state index in [1.807, 2.05) is 17.0 Å². The van der Waals surface area contributed by atoms with Gasteiger partial charge >= 0.3 is 0 Å². The van der Waals surface area contributed by atoms with E-state index in [0.29, 0.717) is 31.9 Å². The molecule has 0 aliphatic carbocycles. The predicted molar refractivity (Wildman–Crippen MR) is 85.9 cm³/mol. The van der Waals surface area contributed by atoms with Gasteiger partial charge in [0.15, 0.2) is 11.6 Å². The molecule has 1 aliphatic heterocycles. The largest absolute Gasteiger partial charge is 0.385 e. The maximum Gasteiger partial charge on any atom is 0.227 e. The lowest BCUT2D eigenvalue weighted by molar-refractivity contribution is 0.0112. The Hall–Kier alpha value is -2.28. The summed E-state index contributed by atoms with van der Waals surface area (Å²) in [6.07, 6.45) is 5.69. The highest BCUT2D eigenvalue weighted by molar-refractivity contribution is 5.44. The summed E-state index contributed by atoms with van der Waals surface area (Å²) in [5, 5.41) is 10.8. The first kappa shape index (κ1) is 15.6. The highest BCUT2D eigenvalue weighted by atomic mass is 19.1. The summed E-state index contributed by atoms with van der Waals surface area (Å²) in [6.45, 7) is 1.20. The third-order valence-corrected chi connectivity index (χ3v) is 4.21. The van der Waals surface area contributed by atoms with Gasteiger partial charge in [0, 0.05) is 45.1 Å². The number of nitrogens with zero attached hydrogens (tertiary/aromatic N) is 5. The van der Waals surface area contributed by atoms with Crippen LogP contribution in [0.3, 0.4) is 0 Å². The van der Waals surface area contributed by atoms with E-state index in [0.717, 1.165) is 5.56 Å². The van der Waals surface area contributed by atoms with Crippen LogP contribution >= 0.6 is 0 Å². The fourth-order valence-electron chi connectivity index (χ4n) is 2.82. The van der Waals surface area contributed by atoms with Crippen molar-refractivity contribution in [1.82, 2.24) is 15.0 Å². The molecule has 2 aromatic heterocycles. The van der Waals surface area contributed by atoms with Gasteiger partial charge in [0.1, 0.15) is 0 Å². The van der Waals surface area contributed by atoms with Gasteiger partial charge < -0.3 is 14.9 Å². The maximum absolute atomic E-state index is 13.7. The molecule has 23 heavy (non-hydrogen) atoms. The Morgan fingerprint density at radius 3 is 2.61 bits per heavy atom. The van der Waals surface area contributed by atoms with Crippen LogP contribution in [0.1, 0.15) is 18.4 Å². The molecular weight excluding hydrogens is 297 g/mol. The summed E-state index contributed by atoms with van der Waals surface area (Å²) in [5.74, 6) is 0.314. The van der Waals surface area contributed by atoms with Crippen LogP contribution in [-0.4, -0.2) is 47.2 Å². The lowest BCUT2D eigenvalue weighted by Gasteiger charge is -2.38. The number of rotatable bonds is 3. The zero-order valence-corrected chi connectivity index (χ0v) is 13.3. The number of piperidine rings is 1. The van der Waals surface area contributed by atoms with Gasteiger partial charge in [-0.05, 0) is 18.9 Å². The fourth-order valence-corrected chi connectivity index (χ4v) is 2.82. The fraction of sp³-hybridized carbons (Fsp3) is 0.438. The highest BCUT2D eigenvalue weighted by Gasteiger charge is 2.35. The van der Waals surface area contributed by atoms with Gasteiger partial charge in [-0.15, -0.1) is 0 Å². The van der Waals surface area contributed by atoms with E-state index in [2.05, 4.69) is 15.0 Å². The Bertz CT molecular complexity index is 671. The predicted octanol–water partition coefficient (Wildman–Crippen LogP) is 1.56. The lowest BCUT2D eigenvalue weighted by atomic mass is 9.85. The number of aromatic nitrogens is 3. The van der Waals surface area contributed by atoms with Crippen LogP contribution in [0.15, 0.2) is 30.7 Å². The van der Waals surface area contributed by atoms with Crippen LogP contribution in [0.25, 0.3) is 0 Å². The Kier molecular flexibility index (Phi) is 4.12. The van der Waals surface area contributed by atoms with Gasteiger partial charge in [-0.2, -0.15) is 4.98 Å². The Balaban J connectivity index is 1.76. The number of hydrogen-bond donors (Lipinski definition) is 1. The summed E-state index contributed by atoms with van der Waals surface area (Å²) in [4.78, 5) is 16.0. The third kappa shape index (κ3) is 3.10. The van der Waals surface area contributed by atoms with Gasteiger partial charge in [-0.3, -0.25) is 4.98 Å². The summed E-state index contributed by atoms with van der Waals surface area (Å²) in [5.41, 5.74) is -0.0523. The van der Waals surface area contributed by atoms with Crippen molar-refractivity contribution in [2.75, 3.05) is 37.0 Å². The van der Waals surface area contributed by atoms with E-state index >= 15 is 0 Å². The van der Waals surface area contributed by atoms with Crippen molar-refractivity contribution >= 4 is 11.8 Å². The first-order valence-electron chi connectivity index (χ1n) is 7.57. The van der Waals surface area contributed by atoms with Crippen molar-refractivity contribution in [2.45, 2.75) is 18.4 Å². The number of halogens is 1. The summed E-state index contributed by atoms with van der Waals surface area (Å²) >= 11 is 0. The number of aliphatic hydroxyl groups is 1. The smallest absolute Gasteiger partial charge is 0.227 e. The molecule has 3 rings (SSSR count). The van der Waals surface area contributed by atoms with Crippen molar-refractivity contribution in [3.63, 3.8) is 0 Å². The second-order valence-electron chi connectivity index (χ2n) is 6.00. The normalized spacial score (nSPS) is 17.1. The topological polar surface area (TPSA) is 65.4 Å². The van der Waals surface area contributed by atoms with E-state index in [9.17, 15) is 9.50 Å². The van der Waals surface area contributed by atoms with Crippen LogP contribution in [0.2, 0.25) is 0 Å². The molecule has 0 radical (unpaired) electrons. The zero-order valence-electron chi connectivity index (χ0n) is 13.3. The highest BCUT2D eigenvalue weighted by Crippen LogP contribution is 2.33. The summed E-state index contributed by atoms with van der Waals surface area (Å²) in [7, 11) is 3.49. The van der Waals surface area contributed by atoms with Crippen LogP contribution in [0.5, 0.6) is 0 Å². The molecular formula is C16H20FN5O. The molecule has 2 aromatic rings. The van der Waals surface area contributed by atoms with Crippen LogP contribution in [0, 0.1) is 5.82 Å². The molecule has 0 amide bonds. The van der Waals surface area contributed by atoms with E-state index in [-0.39, 0.29) is 5.82 Å². The minimum Gasteiger partial charge on any atom is -0.385 e. The molecule has 0 aromatic carbocycles. The molecule has 0 unspecified atom stereocenters. The van der Waals surface area contributed by atoms with Crippen molar-refractivity contribution in [1.29, 1.82) is 0 Å². The monoisotopic (exact) mass is 317 g/mol. The van der Waals surface area contributed by atoms with E-state index in [1.54, 1.807) is 31.4 Å². The minimum absolute atomic E-state index is 0.267.